The number of hydrogen-bond donors (Lipinski definition) is 0. The molecule has 1 fully saturated rings. The Balaban J connectivity index is 1.64. The highest BCUT2D eigenvalue weighted by atomic mass is 32.1. The molecule has 0 saturated carbocycles. The van der Waals surface area contributed by atoms with Crippen LogP contribution in [0.1, 0.15) is 29.0 Å². The second kappa shape index (κ2) is 6.27. The molecule has 3 nitrogen and oxygen atoms in total. The molecule has 0 spiro atoms. The second-order valence-corrected chi connectivity index (χ2v) is 7.17. The van der Waals surface area contributed by atoms with Crippen LogP contribution in [0.25, 0.3) is 11.3 Å². The average Bonchev–Trinajstić information content (AvgIpc) is 3.30. The summed E-state index contributed by atoms with van der Waals surface area (Å²) in [5.74, 6) is -1.37. The van der Waals surface area contributed by atoms with Crippen molar-refractivity contribution in [1.29, 1.82) is 5.26 Å². The number of aromatic nitrogens is 1. The molecule has 2 unspecified atom stereocenters. The number of hydrogen-bond acceptors (Lipinski definition) is 4. The summed E-state index contributed by atoms with van der Waals surface area (Å²) in [6, 6.07) is 12.9. The summed E-state index contributed by atoms with van der Waals surface area (Å²) in [7, 11) is 0. The van der Waals surface area contributed by atoms with Gasteiger partial charge < -0.3 is 4.74 Å². The Morgan fingerprint density at radius 3 is 2.58 bits per heavy atom. The Kier molecular flexibility index (Phi) is 4.06. The van der Waals surface area contributed by atoms with Crippen molar-refractivity contribution >= 4 is 11.3 Å². The van der Waals surface area contributed by atoms with Crippen molar-refractivity contribution in [3.05, 3.63) is 75.6 Å². The van der Waals surface area contributed by atoms with Gasteiger partial charge in [-0.05, 0) is 18.2 Å². The molecular weight excluding hydrogens is 354 g/mol. The van der Waals surface area contributed by atoms with Gasteiger partial charge in [-0.15, -0.1) is 11.3 Å². The van der Waals surface area contributed by atoms with Crippen molar-refractivity contribution in [2.75, 3.05) is 6.61 Å². The van der Waals surface area contributed by atoms with E-state index in [1.807, 2.05) is 24.4 Å². The summed E-state index contributed by atoms with van der Waals surface area (Å²) >= 11 is 1.48. The molecule has 1 saturated heterocycles. The average molecular weight is 368 g/mol. The van der Waals surface area contributed by atoms with E-state index in [0.29, 0.717) is 17.7 Å². The number of thiazole rings is 1. The van der Waals surface area contributed by atoms with E-state index < -0.39 is 17.2 Å². The first-order chi connectivity index (χ1) is 12.5. The maximum Gasteiger partial charge on any atom is 0.132 e. The van der Waals surface area contributed by atoms with Crippen LogP contribution in [0.3, 0.4) is 0 Å². The highest BCUT2D eigenvalue weighted by molar-refractivity contribution is 7.10. The van der Waals surface area contributed by atoms with Crippen LogP contribution < -0.4 is 0 Å². The Bertz CT molecular complexity index is 1000. The van der Waals surface area contributed by atoms with Gasteiger partial charge in [-0.1, -0.05) is 25.1 Å². The first-order valence-electron chi connectivity index (χ1n) is 8.09. The lowest BCUT2D eigenvalue weighted by Gasteiger charge is -2.19. The number of nitriles is 1. The molecule has 0 amide bonds. The molecule has 6 heteroatoms. The molecule has 0 bridgehead atoms. The lowest BCUT2D eigenvalue weighted by Crippen LogP contribution is -2.19. The summed E-state index contributed by atoms with van der Waals surface area (Å²) in [6.07, 6.45) is 0. The summed E-state index contributed by atoms with van der Waals surface area (Å²) < 4.78 is 33.1. The topological polar surface area (TPSA) is 49.2 Å². The molecule has 130 valence electrons. The van der Waals surface area contributed by atoms with E-state index in [1.54, 1.807) is 12.1 Å². The highest BCUT2D eigenvalue weighted by Crippen LogP contribution is 2.51. The smallest absolute Gasteiger partial charge is 0.132 e. The number of nitrogens with zero attached hydrogens (tertiary/aromatic N) is 2. The Labute approximate surface area is 153 Å². The van der Waals surface area contributed by atoms with Crippen LogP contribution in [-0.4, -0.2) is 11.6 Å². The maximum atomic E-state index is 14.2. The van der Waals surface area contributed by atoms with Gasteiger partial charge in [-0.25, -0.2) is 13.8 Å². The predicted octanol–water partition coefficient (Wildman–Crippen LogP) is 4.99. The fraction of sp³-hybridized carbons (Fsp3) is 0.200. The van der Waals surface area contributed by atoms with Gasteiger partial charge in [0.2, 0.25) is 0 Å². The van der Waals surface area contributed by atoms with Crippen molar-refractivity contribution < 1.29 is 13.5 Å². The SMILES string of the molecule is CC(c1nc(-c2ccc(C#N)cc2)cs1)C1(c2ccc(F)cc2F)CO1. The number of halogens is 2. The van der Waals surface area contributed by atoms with Gasteiger partial charge in [0.05, 0.1) is 28.9 Å². The lowest BCUT2D eigenvalue weighted by molar-refractivity contribution is 0.266. The quantitative estimate of drug-likeness (QED) is 0.610. The van der Waals surface area contributed by atoms with Crippen LogP contribution in [0.15, 0.2) is 47.8 Å². The molecule has 26 heavy (non-hydrogen) atoms. The zero-order chi connectivity index (χ0) is 18.3. The van der Waals surface area contributed by atoms with Gasteiger partial charge >= 0.3 is 0 Å². The second-order valence-electron chi connectivity index (χ2n) is 6.28. The molecule has 0 aliphatic carbocycles. The van der Waals surface area contributed by atoms with Crippen LogP contribution >= 0.6 is 11.3 Å². The number of benzene rings is 2. The van der Waals surface area contributed by atoms with Crippen molar-refractivity contribution in [3.8, 4) is 17.3 Å². The third kappa shape index (κ3) is 2.79. The first kappa shape index (κ1) is 16.8. The van der Waals surface area contributed by atoms with E-state index >= 15 is 0 Å². The third-order valence-corrected chi connectivity index (χ3v) is 5.77. The van der Waals surface area contributed by atoms with Crippen molar-refractivity contribution in [2.45, 2.75) is 18.4 Å². The van der Waals surface area contributed by atoms with Gasteiger partial charge in [0.15, 0.2) is 0 Å². The van der Waals surface area contributed by atoms with E-state index in [0.717, 1.165) is 22.3 Å². The van der Waals surface area contributed by atoms with Crippen molar-refractivity contribution in [1.82, 2.24) is 4.98 Å². The third-order valence-electron chi connectivity index (χ3n) is 4.74. The predicted molar refractivity (Wildman–Crippen MR) is 94.7 cm³/mol. The van der Waals surface area contributed by atoms with Crippen molar-refractivity contribution in [2.24, 2.45) is 0 Å². The first-order valence-corrected chi connectivity index (χ1v) is 8.97. The zero-order valence-electron chi connectivity index (χ0n) is 13.9. The zero-order valence-corrected chi connectivity index (χ0v) is 14.7. The van der Waals surface area contributed by atoms with Gasteiger partial charge in [-0.2, -0.15) is 5.26 Å². The Morgan fingerprint density at radius 2 is 1.96 bits per heavy atom. The number of epoxide rings is 1. The maximum absolute atomic E-state index is 14.2. The minimum Gasteiger partial charge on any atom is -0.364 e. The minimum absolute atomic E-state index is 0.167. The van der Waals surface area contributed by atoms with Gasteiger partial charge in [-0.3, -0.25) is 0 Å². The molecule has 0 N–H and O–H groups in total. The highest BCUT2D eigenvalue weighted by Gasteiger charge is 2.54. The number of rotatable bonds is 4. The molecule has 1 aliphatic rings. The molecule has 2 atom stereocenters. The molecule has 3 aromatic rings. The minimum atomic E-state index is -0.794. The molecule has 2 aromatic carbocycles. The monoisotopic (exact) mass is 368 g/mol. The fourth-order valence-electron chi connectivity index (χ4n) is 3.08. The van der Waals surface area contributed by atoms with E-state index in [2.05, 4.69) is 11.1 Å². The van der Waals surface area contributed by atoms with E-state index in [4.69, 9.17) is 10.00 Å². The van der Waals surface area contributed by atoms with Crippen LogP contribution in [-0.2, 0) is 10.3 Å². The van der Waals surface area contributed by atoms with E-state index in [9.17, 15) is 8.78 Å². The molecule has 0 radical (unpaired) electrons. The van der Waals surface area contributed by atoms with Gasteiger partial charge in [0.1, 0.15) is 17.2 Å². The van der Waals surface area contributed by atoms with Crippen LogP contribution in [0.5, 0.6) is 0 Å². The van der Waals surface area contributed by atoms with Crippen LogP contribution in [0.2, 0.25) is 0 Å². The summed E-state index contributed by atoms with van der Waals surface area (Å²) in [4.78, 5) is 4.67. The molecular formula is C20H14F2N2OS. The molecule has 4 rings (SSSR count). The summed E-state index contributed by atoms with van der Waals surface area (Å²) in [5.41, 5.74) is 1.88. The van der Waals surface area contributed by atoms with E-state index in [-0.39, 0.29) is 5.92 Å². The van der Waals surface area contributed by atoms with Crippen LogP contribution in [0, 0.1) is 23.0 Å². The summed E-state index contributed by atoms with van der Waals surface area (Å²) in [6.45, 7) is 2.32. The Morgan fingerprint density at radius 1 is 1.23 bits per heavy atom. The molecule has 1 aromatic heterocycles. The number of ether oxygens (including phenoxy) is 1. The lowest BCUT2D eigenvalue weighted by atomic mass is 9.87. The van der Waals surface area contributed by atoms with Crippen molar-refractivity contribution in [3.63, 3.8) is 0 Å². The summed E-state index contributed by atoms with van der Waals surface area (Å²) in [5, 5.41) is 11.6. The van der Waals surface area contributed by atoms with Gasteiger partial charge in [0, 0.05) is 28.5 Å². The normalized spacial score (nSPS) is 19.8. The van der Waals surface area contributed by atoms with Crippen LogP contribution in [0.4, 0.5) is 8.78 Å². The fourth-order valence-corrected chi connectivity index (χ4v) is 4.05. The van der Waals surface area contributed by atoms with E-state index in [1.165, 1.54) is 23.5 Å². The standard InChI is InChI=1S/C20H14F2N2OS/c1-12(20(11-25-20)16-7-6-15(21)8-17(16)22)19-24-18(10-26-19)14-4-2-13(9-23)3-5-14/h2-8,10,12H,11H2,1H3. The Hall–Kier alpha value is -2.62. The molecule has 1 aliphatic heterocycles. The largest absolute Gasteiger partial charge is 0.364 e. The van der Waals surface area contributed by atoms with Gasteiger partial charge in [0.25, 0.3) is 0 Å². The molecule has 2 heterocycles.